The summed E-state index contributed by atoms with van der Waals surface area (Å²) < 4.78 is 163. The van der Waals surface area contributed by atoms with Crippen LogP contribution in [0.1, 0.15) is 80.9 Å². The Morgan fingerprint density at radius 1 is 0.620 bits per heavy atom. The maximum absolute atomic E-state index is 15.2. The number of unbranched alkanes of at least 4 members (excludes halogenated alkanes) is 2. The average Bonchev–Trinajstić information content (AvgIpc) is 3.04. The summed E-state index contributed by atoms with van der Waals surface area (Å²) in [6.45, 7) is -0.247. The molecule has 1 aliphatic carbocycles. The fraction of sp³-hybridized carbons (Fsp3) is 0.368. The average molecular weight is 715 g/mol. The largest absolute Gasteiger partial charge is 0.432 e. The molecule has 1 fully saturated rings. The molecule has 1 saturated carbocycles. The molecule has 4 aromatic rings. The van der Waals surface area contributed by atoms with Crippen LogP contribution >= 0.6 is 0 Å². The standard InChI is InChI=1S/C38H33F11O/c1-2-3-4-5-21-6-8-22(9-7-21)23-10-12-27(29(40)14-23)25-17-33(44)36(34(45)18-25)38(48,49)50-26-11-13-28(30(41)19-26)24-15-31(42)35(32(43)16-24)37(46,47)20-39/h10-19,21-22H,2-9,20H2,1H3. The zero-order valence-electron chi connectivity index (χ0n) is 26.9. The maximum atomic E-state index is 15.2. The van der Waals surface area contributed by atoms with E-state index in [2.05, 4.69) is 11.7 Å². The molecule has 0 atom stereocenters. The van der Waals surface area contributed by atoms with Gasteiger partial charge in [0.05, 0.1) is 5.56 Å². The molecule has 1 nitrogen and oxygen atoms in total. The molecule has 50 heavy (non-hydrogen) atoms. The van der Waals surface area contributed by atoms with Crippen LogP contribution in [0.15, 0.2) is 60.7 Å². The van der Waals surface area contributed by atoms with Crippen molar-refractivity contribution in [1.29, 1.82) is 0 Å². The summed E-state index contributed by atoms with van der Waals surface area (Å²) in [7, 11) is 0. The smallest absolute Gasteiger partial charge is 0.429 e. The second-order valence-electron chi connectivity index (χ2n) is 12.7. The Morgan fingerprint density at radius 2 is 1.14 bits per heavy atom. The Bertz CT molecular complexity index is 1780. The molecule has 0 aromatic heterocycles. The number of halogens is 11. The van der Waals surface area contributed by atoms with Crippen LogP contribution < -0.4 is 4.74 Å². The summed E-state index contributed by atoms with van der Waals surface area (Å²) in [6, 6.07) is 7.69. The van der Waals surface area contributed by atoms with Gasteiger partial charge in [-0.05, 0) is 96.7 Å². The Balaban J connectivity index is 1.32. The van der Waals surface area contributed by atoms with Crippen molar-refractivity contribution >= 4 is 0 Å². The van der Waals surface area contributed by atoms with Crippen LogP contribution in [0.2, 0.25) is 0 Å². The minimum absolute atomic E-state index is 0.134. The molecule has 0 amide bonds. The third-order valence-corrected chi connectivity index (χ3v) is 9.24. The minimum atomic E-state index is -4.73. The van der Waals surface area contributed by atoms with Crippen LogP contribution in [0.3, 0.4) is 0 Å². The summed E-state index contributed by atoms with van der Waals surface area (Å²) >= 11 is 0. The normalized spacial score (nSPS) is 16.9. The van der Waals surface area contributed by atoms with Crippen LogP contribution in [0.4, 0.5) is 48.3 Å². The minimum Gasteiger partial charge on any atom is -0.429 e. The van der Waals surface area contributed by atoms with Crippen LogP contribution in [0.25, 0.3) is 22.3 Å². The Kier molecular flexibility index (Phi) is 11.2. The highest BCUT2D eigenvalue weighted by Gasteiger charge is 2.42. The van der Waals surface area contributed by atoms with Crippen molar-refractivity contribution in [2.45, 2.75) is 76.2 Å². The van der Waals surface area contributed by atoms with Gasteiger partial charge >= 0.3 is 12.0 Å². The molecule has 268 valence electrons. The number of benzene rings is 4. The van der Waals surface area contributed by atoms with Gasteiger partial charge in [-0.2, -0.15) is 17.6 Å². The van der Waals surface area contributed by atoms with Gasteiger partial charge in [0.2, 0.25) is 0 Å². The maximum Gasteiger partial charge on any atom is 0.432 e. The molecule has 1 aliphatic rings. The highest BCUT2D eigenvalue weighted by Crippen LogP contribution is 2.42. The molecule has 0 saturated heterocycles. The van der Waals surface area contributed by atoms with Gasteiger partial charge in [-0.1, -0.05) is 44.7 Å². The van der Waals surface area contributed by atoms with Gasteiger partial charge in [-0.3, -0.25) is 0 Å². The molecule has 0 radical (unpaired) electrons. The van der Waals surface area contributed by atoms with E-state index in [1.54, 1.807) is 6.07 Å². The van der Waals surface area contributed by atoms with E-state index in [-0.39, 0.29) is 17.0 Å². The lowest BCUT2D eigenvalue weighted by Gasteiger charge is -2.29. The van der Waals surface area contributed by atoms with E-state index in [0.29, 0.717) is 48.4 Å². The zero-order chi connectivity index (χ0) is 36.4. The molecule has 0 bridgehead atoms. The summed E-state index contributed by atoms with van der Waals surface area (Å²) in [4.78, 5) is 0. The molecule has 4 aromatic carbocycles. The first kappa shape index (κ1) is 37.2. The monoisotopic (exact) mass is 714 g/mol. The predicted octanol–water partition coefficient (Wildman–Crippen LogP) is 12.9. The van der Waals surface area contributed by atoms with Crippen molar-refractivity contribution in [2.75, 3.05) is 6.67 Å². The SMILES string of the molecule is CCCCCC1CCC(c2ccc(-c3cc(F)c(C(F)(F)Oc4ccc(-c5cc(F)c(C(F)(F)CF)c(F)c5)c(F)c4)c(F)c3)c(F)c2)CC1. The fourth-order valence-electron chi connectivity index (χ4n) is 6.63. The highest BCUT2D eigenvalue weighted by molar-refractivity contribution is 5.67. The zero-order valence-corrected chi connectivity index (χ0v) is 26.9. The van der Waals surface area contributed by atoms with E-state index < -0.39 is 81.6 Å². The van der Waals surface area contributed by atoms with E-state index in [1.807, 2.05) is 0 Å². The van der Waals surface area contributed by atoms with E-state index in [0.717, 1.165) is 37.7 Å². The summed E-state index contributed by atoms with van der Waals surface area (Å²) in [6.07, 6.45) is 3.82. The van der Waals surface area contributed by atoms with Crippen LogP contribution in [0, 0.1) is 40.8 Å². The quantitative estimate of drug-likeness (QED) is 0.105. The van der Waals surface area contributed by atoms with Gasteiger partial charge in [-0.15, -0.1) is 0 Å². The summed E-state index contributed by atoms with van der Waals surface area (Å²) in [5.41, 5.74) is -4.78. The van der Waals surface area contributed by atoms with Gasteiger partial charge in [-0.25, -0.2) is 30.7 Å². The van der Waals surface area contributed by atoms with Crippen molar-refractivity contribution in [1.82, 2.24) is 0 Å². The van der Waals surface area contributed by atoms with E-state index in [1.165, 1.54) is 31.4 Å². The first-order valence-electron chi connectivity index (χ1n) is 16.2. The Morgan fingerprint density at radius 3 is 1.64 bits per heavy atom. The van der Waals surface area contributed by atoms with Crippen molar-refractivity contribution in [3.8, 4) is 28.0 Å². The number of hydrogen-bond acceptors (Lipinski definition) is 1. The number of ether oxygens (including phenoxy) is 1. The molecule has 0 N–H and O–H groups in total. The van der Waals surface area contributed by atoms with Gasteiger partial charge in [0.15, 0.2) is 6.67 Å². The summed E-state index contributed by atoms with van der Waals surface area (Å²) in [5, 5.41) is 0. The third kappa shape index (κ3) is 7.94. The molecule has 0 heterocycles. The van der Waals surface area contributed by atoms with Crippen molar-refractivity contribution in [3.63, 3.8) is 0 Å². The topological polar surface area (TPSA) is 9.23 Å². The van der Waals surface area contributed by atoms with Gasteiger partial charge in [0.1, 0.15) is 46.2 Å². The second-order valence-corrected chi connectivity index (χ2v) is 12.7. The number of rotatable bonds is 12. The van der Waals surface area contributed by atoms with Crippen molar-refractivity contribution in [3.05, 3.63) is 112 Å². The number of hydrogen-bond donors (Lipinski definition) is 0. The molecule has 0 spiro atoms. The van der Waals surface area contributed by atoms with Gasteiger partial charge in [0, 0.05) is 17.2 Å². The first-order chi connectivity index (χ1) is 23.6. The second kappa shape index (κ2) is 15.0. The molecule has 5 rings (SSSR count). The van der Waals surface area contributed by atoms with Gasteiger partial charge < -0.3 is 4.74 Å². The lowest BCUT2D eigenvalue weighted by atomic mass is 9.77. The third-order valence-electron chi connectivity index (χ3n) is 9.24. The molecule has 0 aliphatic heterocycles. The van der Waals surface area contributed by atoms with E-state index in [9.17, 15) is 26.3 Å². The van der Waals surface area contributed by atoms with Crippen molar-refractivity contribution in [2.24, 2.45) is 5.92 Å². The molecule has 0 unspecified atom stereocenters. The van der Waals surface area contributed by atoms with E-state index >= 15 is 22.0 Å². The van der Waals surface area contributed by atoms with E-state index in [4.69, 9.17) is 0 Å². The Hall–Kier alpha value is -4.09. The fourth-order valence-corrected chi connectivity index (χ4v) is 6.63. The van der Waals surface area contributed by atoms with Crippen LogP contribution in [-0.4, -0.2) is 6.67 Å². The molecule has 12 heteroatoms. The highest BCUT2D eigenvalue weighted by atomic mass is 19.3. The first-order valence-corrected chi connectivity index (χ1v) is 16.2. The molecular formula is C38H33F11O. The Labute approximate surface area is 282 Å². The van der Waals surface area contributed by atoms with Crippen LogP contribution in [0.5, 0.6) is 5.75 Å². The summed E-state index contributed by atoms with van der Waals surface area (Å²) in [5.74, 6) is -14.2. The van der Waals surface area contributed by atoms with Gasteiger partial charge in [0.25, 0.3) is 0 Å². The lowest BCUT2D eigenvalue weighted by molar-refractivity contribution is -0.189. The molecular weight excluding hydrogens is 681 g/mol. The number of alkyl halides is 5. The predicted molar refractivity (Wildman–Crippen MR) is 167 cm³/mol. The van der Waals surface area contributed by atoms with Crippen LogP contribution in [-0.2, 0) is 12.0 Å². The lowest BCUT2D eigenvalue weighted by Crippen LogP contribution is -2.25. The van der Waals surface area contributed by atoms with Crippen molar-refractivity contribution < 1.29 is 53.0 Å².